The monoisotopic (exact) mass is 473 g/mol. The van der Waals surface area contributed by atoms with Gasteiger partial charge in [-0.15, -0.1) is 0 Å². The maximum atomic E-state index is 13.0. The third kappa shape index (κ3) is 4.20. The molecule has 29 heavy (non-hydrogen) atoms. The van der Waals surface area contributed by atoms with E-state index >= 15 is 0 Å². The lowest BCUT2D eigenvalue weighted by molar-refractivity contribution is -0.122. The van der Waals surface area contributed by atoms with Gasteiger partial charge in [-0.1, -0.05) is 6.07 Å². The van der Waals surface area contributed by atoms with Gasteiger partial charge in [0.25, 0.3) is 11.8 Å². The zero-order valence-corrected chi connectivity index (χ0v) is 17.9. The summed E-state index contributed by atoms with van der Waals surface area (Å²) >= 11 is 8.63. The molecule has 0 aromatic heterocycles. The number of carboxylic acid groups (broad SMARTS) is 1. The van der Waals surface area contributed by atoms with Gasteiger partial charge in [0.15, 0.2) is 5.11 Å². The highest BCUT2D eigenvalue weighted by Gasteiger charge is 2.34. The highest BCUT2D eigenvalue weighted by molar-refractivity contribution is 9.10. The van der Waals surface area contributed by atoms with Gasteiger partial charge in [0.05, 0.1) is 16.9 Å². The summed E-state index contributed by atoms with van der Waals surface area (Å²) in [6.07, 6.45) is 1.49. The van der Waals surface area contributed by atoms with Crippen molar-refractivity contribution >= 4 is 68.5 Å². The molecule has 2 N–H and O–H groups in total. The molecule has 0 radical (unpaired) electrons. The second-order valence-electron chi connectivity index (χ2n) is 6.42. The first-order valence-electron chi connectivity index (χ1n) is 8.40. The van der Waals surface area contributed by atoms with Gasteiger partial charge in [-0.3, -0.25) is 19.8 Å². The standard InChI is InChI=1S/C20H16BrN3O4S/c1-23(2)16-8-3-11(10-15(16)21)9-14-17(25)22-20(29)24(18(14)26)13-6-4-12(5-7-13)19(27)28/h3-10H,1-2H3,(H,27,28)(H,22,25,29)/b14-9-. The van der Waals surface area contributed by atoms with E-state index in [1.165, 1.54) is 30.3 Å². The molecular formula is C20H16BrN3O4S. The number of rotatable bonds is 4. The molecule has 9 heteroatoms. The molecule has 2 amide bonds. The molecule has 2 aromatic rings. The highest BCUT2D eigenvalue weighted by Crippen LogP contribution is 2.28. The predicted molar refractivity (Wildman–Crippen MR) is 118 cm³/mol. The second kappa shape index (κ2) is 8.14. The van der Waals surface area contributed by atoms with Crippen LogP contribution < -0.4 is 15.1 Å². The second-order valence-corrected chi connectivity index (χ2v) is 7.66. The fourth-order valence-electron chi connectivity index (χ4n) is 2.79. The van der Waals surface area contributed by atoms with Crippen molar-refractivity contribution in [2.45, 2.75) is 0 Å². The minimum absolute atomic E-state index is 0.0654. The quantitative estimate of drug-likeness (QED) is 0.402. The normalized spacial score (nSPS) is 15.5. The van der Waals surface area contributed by atoms with Crippen LogP contribution in [-0.4, -0.2) is 42.1 Å². The van der Waals surface area contributed by atoms with Crippen LogP contribution in [0, 0.1) is 0 Å². The molecule has 0 saturated carbocycles. The third-order valence-electron chi connectivity index (χ3n) is 4.24. The van der Waals surface area contributed by atoms with Crippen molar-refractivity contribution in [1.29, 1.82) is 0 Å². The maximum Gasteiger partial charge on any atom is 0.335 e. The molecule has 0 spiro atoms. The zero-order chi connectivity index (χ0) is 21.3. The number of aromatic carboxylic acids is 1. The Labute approximate surface area is 180 Å². The van der Waals surface area contributed by atoms with Crippen molar-refractivity contribution in [3.05, 3.63) is 63.6 Å². The number of hydrogen-bond donors (Lipinski definition) is 2. The van der Waals surface area contributed by atoms with Crippen LogP contribution in [0.1, 0.15) is 15.9 Å². The fraction of sp³-hybridized carbons (Fsp3) is 0.100. The number of anilines is 2. The van der Waals surface area contributed by atoms with Crippen LogP contribution in [0.25, 0.3) is 6.08 Å². The van der Waals surface area contributed by atoms with Gasteiger partial charge in [0.2, 0.25) is 0 Å². The largest absolute Gasteiger partial charge is 0.478 e. The summed E-state index contributed by atoms with van der Waals surface area (Å²) in [5.74, 6) is -2.26. The molecule has 148 valence electrons. The Hall–Kier alpha value is -3.04. The van der Waals surface area contributed by atoms with Crippen molar-refractivity contribution in [2.75, 3.05) is 23.9 Å². The van der Waals surface area contributed by atoms with Gasteiger partial charge in [-0.05, 0) is 76.2 Å². The van der Waals surface area contributed by atoms with Crippen LogP contribution in [0.4, 0.5) is 11.4 Å². The molecule has 0 atom stereocenters. The Morgan fingerprint density at radius 1 is 1.17 bits per heavy atom. The van der Waals surface area contributed by atoms with Gasteiger partial charge in [-0.25, -0.2) is 4.79 Å². The van der Waals surface area contributed by atoms with Crippen LogP contribution in [0.5, 0.6) is 0 Å². The molecule has 0 aliphatic carbocycles. The molecular weight excluding hydrogens is 458 g/mol. The lowest BCUT2D eigenvalue weighted by atomic mass is 10.1. The first-order chi connectivity index (χ1) is 13.7. The van der Waals surface area contributed by atoms with Crippen molar-refractivity contribution in [2.24, 2.45) is 0 Å². The summed E-state index contributed by atoms with van der Waals surface area (Å²) in [5, 5.41) is 11.5. The Morgan fingerprint density at radius 2 is 1.83 bits per heavy atom. The average molecular weight is 474 g/mol. The molecule has 3 rings (SSSR count). The number of hydrogen-bond acceptors (Lipinski definition) is 5. The first kappa shape index (κ1) is 20.7. The highest BCUT2D eigenvalue weighted by atomic mass is 79.9. The van der Waals surface area contributed by atoms with Crippen molar-refractivity contribution in [3.8, 4) is 0 Å². The molecule has 1 heterocycles. The number of nitrogens with zero attached hydrogens (tertiary/aromatic N) is 2. The number of thiocarbonyl (C=S) groups is 1. The molecule has 0 bridgehead atoms. The van der Waals surface area contributed by atoms with E-state index in [-0.39, 0.29) is 16.2 Å². The van der Waals surface area contributed by atoms with Crippen LogP contribution in [0.3, 0.4) is 0 Å². The van der Waals surface area contributed by atoms with Crippen molar-refractivity contribution in [3.63, 3.8) is 0 Å². The Kier molecular flexibility index (Phi) is 5.81. The number of carbonyl (C=O) groups is 3. The molecule has 1 aliphatic heterocycles. The topological polar surface area (TPSA) is 90.0 Å². The van der Waals surface area contributed by atoms with Crippen molar-refractivity contribution < 1.29 is 19.5 Å². The minimum atomic E-state index is -1.08. The number of halogens is 1. The van der Waals surface area contributed by atoms with Crippen LogP contribution in [0.15, 0.2) is 52.5 Å². The van der Waals surface area contributed by atoms with Crippen LogP contribution in [-0.2, 0) is 9.59 Å². The lowest BCUT2D eigenvalue weighted by Crippen LogP contribution is -2.54. The smallest absolute Gasteiger partial charge is 0.335 e. The van der Waals surface area contributed by atoms with Crippen LogP contribution in [0.2, 0.25) is 0 Å². The SMILES string of the molecule is CN(C)c1ccc(/C=C2/C(=O)NC(=S)N(c3ccc(C(=O)O)cc3)C2=O)cc1Br. The van der Waals surface area contributed by atoms with E-state index in [4.69, 9.17) is 17.3 Å². The molecule has 2 aromatic carbocycles. The number of benzene rings is 2. The van der Waals surface area contributed by atoms with Crippen molar-refractivity contribution in [1.82, 2.24) is 5.32 Å². The number of nitrogens with one attached hydrogen (secondary N) is 1. The third-order valence-corrected chi connectivity index (χ3v) is 5.16. The van der Waals surface area contributed by atoms with Gasteiger partial charge >= 0.3 is 5.97 Å². The molecule has 1 aliphatic rings. The van der Waals surface area contributed by atoms with Gasteiger partial charge in [-0.2, -0.15) is 0 Å². The number of carboxylic acids is 1. The van der Waals surface area contributed by atoms with Crippen LogP contribution >= 0.6 is 28.1 Å². The summed E-state index contributed by atoms with van der Waals surface area (Å²) in [6, 6.07) is 11.1. The molecule has 0 unspecified atom stereocenters. The Balaban J connectivity index is 1.97. The fourth-order valence-corrected chi connectivity index (χ4v) is 3.82. The Bertz CT molecular complexity index is 1060. The summed E-state index contributed by atoms with van der Waals surface area (Å²) in [5.41, 5.74) is 1.98. The minimum Gasteiger partial charge on any atom is -0.478 e. The number of carbonyl (C=O) groups excluding carboxylic acids is 2. The summed E-state index contributed by atoms with van der Waals surface area (Å²) in [6.45, 7) is 0. The summed E-state index contributed by atoms with van der Waals surface area (Å²) < 4.78 is 0.817. The van der Waals surface area contributed by atoms with Gasteiger partial charge in [0.1, 0.15) is 5.57 Å². The predicted octanol–water partition coefficient (Wildman–Crippen LogP) is 3.04. The number of amides is 2. The van der Waals surface area contributed by atoms with E-state index in [1.54, 1.807) is 6.07 Å². The molecule has 7 nitrogen and oxygen atoms in total. The van der Waals surface area contributed by atoms with E-state index in [9.17, 15) is 14.4 Å². The van der Waals surface area contributed by atoms with Gasteiger partial charge in [0, 0.05) is 18.6 Å². The van der Waals surface area contributed by atoms with E-state index in [0.717, 1.165) is 15.1 Å². The Morgan fingerprint density at radius 3 is 2.38 bits per heavy atom. The zero-order valence-electron chi connectivity index (χ0n) is 15.5. The molecule has 1 fully saturated rings. The van der Waals surface area contributed by atoms with E-state index in [0.29, 0.717) is 11.3 Å². The summed E-state index contributed by atoms with van der Waals surface area (Å²) in [4.78, 5) is 39.5. The summed E-state index contributed by atoms with van der Waals surface area (Å²) in [7, 11) is 3.82. The first-order valence-corrected chi connectivity index (χ1v) is 9.61. The van der Waals surface area contributed by atoms with E-state index < -0.39 is 17.8 Å². The lowest BCUT2D eigenvalue weighted by Gasteiger charge is -2.29. The maximum absolute atomic E-state index is 13.0. The molecule has 1 saturated heterocycles. The van der Waals surface area contributed by atoms with E-state index in [1.807, 2.05) is 31.1 Å². The van der Waals surface area contributed by atoms with Gasteiger partial charge < -0.3 is 10.0 Å². The van der Waals surface area contributed by atoms with E-state index in [2.05, 4.69) is 21.2 Å². The average Bonchev–Trinajstić information content (AvgIpc) is 2.65.